The molecule has 0 saturated carbocycles. The zero-order valence-corrected chi connectivity index (χ0v) is 21.2. The van der Waals surface area contributed by atoms with Crippen LogP contribution in [0.4, 0.5) is 0 Å². The molecule has 2 nitrogen and oxygen atoms in total. The first-order valence-corrected chi connectivity index (χ1v) is 8.48. The van der Waals surface area contributed by atoms with Gasteiger partial charge in [-0.1, -0.05) is 55.0 Å². The number of rotatable bonds is 4. The predicted octanol–water partition coefficient (Wildman–Crippen LogP) is 1.53. The number of aliphatic hydroxyl groups excluding tert-OH is 1. The van der Waals surface area contributed by atoms with Crippen molar-refractivity contribution >= 4 is 0 Å². The van der Waals surface area contributed by atoms with Crippen molar-refractivity contribution in [2.45, 2.75) is 51.7 Å². The SMILES string of the molecule is CCc1ccc(C2CC(O)C[CH-]O2)cc1Cc1ccc(C)cc1.[Cs+]. The number of hydrogen-bond acceptors (Lipinski definition) is 2. The maximum absolute atomic E-state index is 9.86. The first-order chi connectivity index (χ1) is 11.2. The van der Waals surface area contributed by atoms with Gasteiger partial charge in [0.2, 0.25) is 0 Å². The Balaban J connectivity index is 0.00000208. The minimum Gasteiger partial charge on any atom is -0.546 e. The van der Waals surface area contributed by atoms with Gasteiger partial charge in [-0.3, -0.25) is 0 Å². The molecule has 1 fully saturated rings. The molecule has 2 aromatic carbocycles. The van der Waals surface area contributed by atoms with Crippen molar-refractivity contribution in [3.05, 3.63) is 76.9 Å². The van der Waals surface area contributed by atoms with Crippen LogP contribution < -0.4 is 68.9 Å². The molecule has 0 aromatic heterocycles. The van der Waals surface area contributed by atoms with E-state index >= 15 is 0 Å². The van der Waals surface area contributed by atoms with Crippen molar-refractivity contribution in [2.24, 2.45) is 0 Å². The Morgan fingerprint density at radius 2 is 1.88 bits per heavy atom. The summed E-state index contributed by atoms with van der Waals surface area (Å²) in [5.74, 6) is 0. The normalized spacial score (nSPS) is 20.5. The standard InChI is InChI=1S/C21H25O2.Cs/c1-3-17-8-9-18(21-14-20(22)10-11-23-21)13-19(17)12-16-6-4-15(2)5-7-16;/h4-9,11,13,20-22H,3,10,12,14H2,1-2H3;/q-1;+1. The van der Waals surface area contributed by atoms with E-state index in [9.17, 15) is 5.11 Å². The molecule has 1 N–H and O–H groups in total. The van der Waals surface area contributed by atoms with E-state index in [0.29, 0.717) is 12.8 Å². The number of hydrogen-bond donors (Lipinski definition) is 1. The van der Waals surface area contributed by atoms with Crippen molar-refractivity contribution in [2.75, 3.05) is 0 Å². The molecule has 2 atom stereocenters. The van der Waals surface area contributed by atoms with Crippen LogP contribution in [0.2, 0.25) is 0 Å². The zero-order valence-electron chi connectivity index (χ0n) is 15.0. The maximum atomic E-state index is 9.86. The maximum Gasteiger partial charge on any atom is 1.00 e. The van der Waals surface area contributed by atoms with Crippen LogP contribution in [-0.2, 0) is 17.6 Å². The molecule has 3 heteroatoms. The fourth-order valence-electron chi connectivity index (χ4n) is 3.18. The summed E-state index contributed by atoms with van der Waals surface area (Å²) >= 11 is 0. The van der Waals surface area contributed by atoms with Gasteiger partial charge < -0.3 is 9.84 Å². The molecule has 0 amide bonds. The molecule has 2 aromatic rings. The summed E-state index contributed by atoms with van der Waals surface area (Å²) in [4.78, 5) is 0. The molecule has 122 valence electrons. The van der Waals surface area contributed by atoms with E-state index < -0.39 is 0 Å². The zero-order chi connectivity index (χ0) is 16.2. The third-order valence-electron chi connectivity index (χ3n) is 4.61. The summed E-state index contributed by atoms with van der Waals surface area (Å²) in [6.07, 6.45) is 2.95. The van der Waals surface area contributed by atoms with Gasteiger partial charge in [0.05, 0.1) is 6.10 Å². The summed E-state index contributed by atoms with van der Waals surface area (Å²) < 4.78 is 5.74. The summed E-state index contributed by atoms with van der Waals surface area (Å²) in [6, 6.07) is 15.4. The fourth-order valence-corrected chi connectivity index (χ4v) is 3.18. The Morgan fingerprint density at radius 3 is 2.54 bits per heavy atom. The molecule has 1 aliphatic heterocycles. The molecule has 1 saturated heterocycles. The third-order valence-corrected chi connectivity index (χ3v) is 4.61. The largest absolute Gasteiger partial charge is 1.00 e. The molecule has 1 aliphatic rings. The summed E-state index contributed by atoms with van der Waals surface area (Å²) in [5.41, 5.74) is 6.53. The number of benzene rings is 2. The van der Waals surface area contributed by atoms with Gasteiger partial charge in [0, 0.05) is 6.10 Å². The van der Waals surface area contributed by atoms with E-state index in [-0.39, 0.29) is 81.1 Å². The van der Waals surface area contributed by atoms with E-state index in [1.807, 2.05) is 0 Å². The van der Waals surface area contributed by atoms with Crippen LogP contribution in [-0.4, -0.2) is 11.2 Å². The molecule has 0 bridgehead atoms. The number of aliphatic hydroxyl groups is 1. The quantitative estimate of drug-likeness (QED) is 0.729. The molecule has 0 aliphatic carbocycles. The summed E-state index contributed by atoms with van der Waals surface area (Å²) in [6.45, 7) is 6.05. The Morgan fingerprint density at radius 1 is 1.12 bits per heavy atom. The molecular formula is C21H25CsO2. The predicted molar refractivity (Wildman–Crippen MR) is 93.2 cm³/mol. The van der Waals surface area contributed by atoms with E-state index in [1.54, 1.807) is 6.61 Å². The van der Waals surface area contributed by atoms with Crippen LogP contribution in [0.25, 0.3) is 0 Å². The van der Waals surface area contributed by atoms with Gasteiger partial charge in [0.15, 0.2) is 0 Å². The molecule has 2 unspecified atom stereocenters. The first-order valence-electron chi connectivity index (χ1n) is 8.48. The Bertz CT molecular complexity index is 651. The van der Waals surface area contributed by atoms with E-state index in [0.717, 1.165) is 12.8 Å². The van der Waals surface area contributed by atoms with Crippen molar-refractivity contribution < 1.29 is 78.7 Å². The van der Waals surface area contributed by atoms with Gasteiger partial charge in [-0.15, -0.1) is 6.42 Å². The van der Waals surface area contributed by atoms with Crippen LogP contribution >= 0.6 is 0 Å². The minimum atomic E-state index is -0.292. The minimum absolute atomic E-state index is 0. The topological polar surface area (TPSA) is 29.5 Å². The van der Waals surface area contributed by atoms with Crippen molar-refractivity contribution in [3.63, 3.8) is 0 Å². The van der Waals surface area contributed by atoms with Crippen molar-refractivity contribution in [1.82, 2.24) is 0 Å². The smallest absolute Gasteiger partial charge is 0.546 e. The van der Waals surface area contributed by atoms with Gasteiger partial charge in [-0.25, -0.2) is 6.61 Å². The van der Waals surface area contributed by atoms with Crippen LogP contribution in [0, 0.1) is 13.5 Å². The third kappa shape index (κ3) is 5.45. The van der Waals surface area contributed by atoms with E-state index in [1.165, 1.54) is 27.8 Å². The Hall–Kier alpha value is 0.412. The van der Waals surface area contributed by atoms with Crippen LogP contribution in [0.3, 0.4) is 0 Å². The average molecular weight is 442 g/mol. The molecule has 0 radical (unpaired) electrons. The van der Waals surface area contributed by atoms with Gasteiger partial charge in [-0.05, 0) is 48.4 Å². The molecule has 3 rings (SSSR count). The van der Waals surface area contributed by atoms with Crippen LogP contribution in [0.15, 0.2) is 42.5 Å². The molecule has 24 heavy (non-hydrogen) atoms. The summed E-state index contributed by atoms with van der Waals surface area (Å²) in [5, 5.41) is 9.86. The van der Waals surface area contributed by atoms with Gasteiger partial charge in [-0.2, -0.15) is 0 Å². The second-order valence-corrected chi connectivity index (χ2v) is 6.46. The van der Waals surface area contributed by atoms with Gasteiger partial charge >= 0.3 is 68.9 Å². The number of ether oxygens (including phenoxy) is 1. The molecule has 0 spiro atoms. The van der Waals surface area contributed by atoms with E-state index in [2.05, 4.69) is 56.3 Å². The van der Waals surface area contributed by atoms with E-state index in [4.69, 9.17) is 4.74 Å². The van der Waals surface area contributed by atoms with Crippen LogP contribution in [0.5, 0.6) is 0 Å². The number of aryl methyl sites for hydroxylation is 2. The van der Waals surface area contributed by atoms with Crippen molar-refractivity contribution in [3.8, 4) is 0 Å². The second-order valence-electron chi connectivity index (χ2n) is 6.46. The monoisotopic (exact) mass is 442 g/mol. The molecular weight excluding hydrogens is 417 g/mol. The Kier molecular flexibility index (Phi) is 8.57. The Labute approximate surface area is 204 Å². The van der Waals surface area contributed by atoms with Gasteiger partial charge in [0.25, 0.3) is 0 Å². The average Bonchev–Trinajstić information content (AvgIpc) is 2.57. The first kappa shape index (κ1) is 20.7. The molecule has 1 heterocycles. The van der Waals surface area contributed by atoms with Gasteiger partial charge in [0.1, 0.15) is 0 Å². The fraction of sp³-hybridized carbons (Fsp3) is 0.381. The second kappa shape index (κ2) is 9.93. The van der Waals surface area contributed by atoms with Crippen LogP contribution in [0.1, 0.15) is 53.7 Å². The summed E-state index contributed by atoms with van der Waals surface area (Å²) in [7, 11) is 0. The van der Waals surface area contributed by atoms with Crippen molar-refractivity contribution in [1.29, 1.82) is 0 Å².